The van der Waals surface area contributed by atoms with Crippen molar-refractivity contribution in [1.29, 1.82) is 0 Å². The lowest BCUT2D eigenvalue weighted by Crippen LogP contribution is -2.31. The van der Waals surface area contributed by atoms with Gasteiger partial charge < -0.3 is 26.4 Å². The summed E-state index contributed by atoms with van der Waals surface area (Å²) in [6.07, 6.45) is 5.17. The molecule has 0 spiro atoms. The maximum absolute atomic E-state index is 12.7. The molecule has 1 amide bonds. The minimum Gasteiger partial charge on any atom is -0.399 e. The van der Waals surface area contributed by atoms with Crippen molar-refractivity contribution in [3.63, 3.8) is 0 Å². The van der Waals surface area contributed by atoms with Gasteiger partial charge in [-0.25, -0.2) is 10.8 Å². The molecule has 0 saturated carbocycles. The van der Waals surface area contributed by atoms with Gasteiger partial charge in [0.1, 0.15) is 10.5 Å². The zero-order valence-corrected chi connectivity index (χ0v) is 17.5. The van der Waals surface area contributed by atoms with Crippen LogP contribution in [-0.2, 0) is 6.54 Å². The number of carbonyl (C=O) groups is 1. The van der Waals surface area contributed by atoms with E-state index in [4.69, 9.17) is 11.6 Å². The third-order valence-electron chi connectivity index (χ3n) is 4.59. The van der Waals surface area contributed by atoms with Crippen LogP contribution in [0.1, 0.15) is 15.2 Å². The van der Waals surface area contributed by atoms with Crippen molar-refractivity contribution in [2.75, 3.05) is 11.9 Å². The van der Waals surface area contributed by atoms with Gasteiger partial charge in [0.05, 0.1) is 24.5 Å². The normalized spacial score (nSPS) is 11.5. The minimum atomic E-state index is -0.208. The molecular formula is C22H23N7OS. The van der Waals surface area contributed by atoms with Crippen LogP contribution in [0.2, 0.25) is 0 Å². The fourth-order valence-corrected chi connectivity index (χ4v) is 3.93. The Morgan fingerprint density at radius 2 is 2.00 bits per heavy atom. The number of anilines is 2. The topological polar surface area (TPSA) is 125 Å². The monoisotopic (exact) mass is 433 g/mol. The predicted octanol–water partition coefficient (Wildman–Crippen LogP) is 3.27. The second kappa shape index (κ2) is 9.33. The lowest BCUT2D eigenvalue weighted by Gasteiger charge is -2.15. The molecule has 7 N–H and O–H groups in total. The van der Waals surface area contributed by atoms with E-state index in [1.54, 1.807) is 12.4 Å². The number of nitrogens with zero attached hydrogens (tertiary/aromatic N) is 2. The third kappa shape index (κ3) is 5.03. The first-order valence-electron chi connectivity index (χ1n) is 9.66. The standard InChI is InChI=1S/C22H23N7OS/c23-16(14-29(24)13-15-4-2-1-3-5-15)12-27-22(30)20-19(8-11-31-20)28-18-7-10-26-21-17(18)6-9-25-21/h1-11,14H,12-13,23-24H2,(H,27,30)(H2,25,26,28)/b16-14-. The van der Waals surface area contributed by atoms with Crippen molar-refractivity contribution in [3.8, 4) is 0 Å². The third-order valence-corrected chi connectivity index (χ3v) is 5.51. The van der Waals surface area contributed by atoms with Gasteiger partial charge in [-0.3, -0.25) is 4.79 Å². The quantitative estimate of drug-likeness (QED) is 0.215. The minimum absolute atomic E-state index is 0.190. The van der Waals surface area contributed by atoms with Crippen molar-refractivity contribution < 1.29 is 4.79 Å². The molecule has 0 atom stereocenters. The van der Waals surface area contributed by atoms with Gasteiger partial charge in [-0.2, -0.15) is 0 Å². The first-order valence-corrected chi connectivity index (χ1v) is 10.5. The molecule has 0 radical (unpaired) electrons. The number of aromatic amines is 1. The van der Waals surface area contributed by atoms with Gasteiger partial charge >= 0.3 is 0 Å². The largest absolute Gasteiger partial charge is 0.399 e. The first kappa shape index (κ1) is 20.5. The Morgan fingerprint density at radius 1 is 1.16 bits per heavy atom. The summed E-state index contributed by atoms with van der Waals surface area (Å²) >= 11 is 1.36. The molecular weight excluding hydrogens is 410 g/mol. The van der Waals surface area contributed by atoms with Crippen LogP contribution in [0.15, 0.2) is 78.2 Å². The Kier molecular flexibility index (Phi) is 6.16. The molecule has 0 unspecified atom stereocenters. The van der Waals surface area contributed by atoms with Crippen LogP contribution in [0.5, 0.6) is 0 Å². The number of amides is 1. The van der Waals surface area contributed by atoms with E-state index in [0.717, 1.165) is 28.0 Å². The number of benzene rings is 1. The van der Waals surface area contributed by atoms with Crippen LogP contribution >= 0.6 is 11.3 Å². The first-order chi connectivity index (χ1) is 15.1. The van der Waals surface area contributed by atoms with E-state index in [1.165, 1.54) is 16.3 Å². The van der Waals surface area contributed by atoms with Gasteiger partial charge in [-0.15, -0.1) is 11.3 Å². The summed E-state index contributed by atoms with van der Waals surface area (Å²) in [5.74, 6) is 5.79. The van der Waals surface area contributed by atoms with Gasteiger partial charge in [0.2, 0.25) is 0 Å². The highest BCUT2D eigenvalue weighted by atomic mass is 32.1. The lowest BCUT2D eigenvalue weighted by atomic mass is 10.2. The SMILES string of the molecule is N/C(=C\N(N)Cc1ccccc1)CNC(=O)c1sccc1Nc1ccnc2[nH]ccc12. The van der Waals surface area contributed by atoms with Crippen molar-refractivity contribution in [3.05, 3.63) is 88.6 Å². The molecule has 158 valence electrons. The Hall–Kier alpha value is -3.82. The van der Waals surface area contributed by atoms with Crippen LogP contribution in [0.4, 0.5) is 11.4 Å². The van der Waals surface area contributed by atoms with Crippen molar-refractivity contribution in [2.45, 2.75) is 6.54 Å². The van der Waals surface area contributed by atoms with E-state index < -0.39 is 0 Å². The van der Waals surface area contributed by atoms with Gasteiger partial charge in [0, 0.05) is 29.7 Å². The average molecular weight is 434 g/mol. The molecule has 3 heterocycles. The zero-order chi connectivity index (χ0) is 21.6. The summed E-state index contributed by atoms with van der Waals surface area (Å²) < 4.78 is 0. The van der Waals surface area contributed by atoms with E-state index in [1.807, 2.05) is 60.1 Å². The maximum atomic E-state index is 12.7. The van der Waals surface area contributed by atoms with Crippen LogP contribution in [0.3, 0.4) is 0 Å². The lowest BCUT2D eigenvalue weighted by molar-refractivity contribution is 0.0961. The van der Waals surface area contributed by atoms with Gasteiger partial charge in [-0.1, -0.05) is 30.3 Å². The molecule has 8 nitrogen and oxygen atoms in total. The Balaban J connectivity index is 1.37. The Labute approximate surface area is 183 Å². The molecule has 0 aliphatic heterocycles. The number of nitrogens with two attached hydrogens (primary N) is 2. The zero-order valence-electron chi connectivity index (χ0n) is 16.7. The average Bonchev–Trinajstić information content (AvgIpc) is 3.42. The number of hydrazine groups is 1. The highest BCUT2D eigenvalue weighted by molar-refractivity contribution is 7.12. The number of hydrogen-bond donors (Lipinski definition) is 5. The number of thiophene rings is 1. The molecule has 3 aromatic heterocycles. The maximum Gasteiger partial charge on any atom is 0.263 e. The number of aromatic nitrogens is 2. The number of rotatable bonds is 8. The highest BCUT2D eigenvalue weighted by Crippen LogP contribution is 2.29. The van der Waals surface area contributed by atoms with Gasteiger partial charge in [0.15, 0.2) is 0 Å². The molecule has 0 aliphatic rings. The van der Waals surface area contributed by atoms with Crippen LogP contribution < -0.4 is 22.2 Å². The van der Waals surface area contributed by atoms with Crippen LogP contribution in [-0.4, -0.2) is 27.4 Å². The Morgan fingerprint density at radius 3 is 2.84 bits per heavy atom. The second-order valence-electron chi connectivity index (χ2n) is 6.93. The summed E-state index contributed by atoms with van der Waals surface area (Å²) in [6.45, 7) is 0.712. The molecule has 1 aromatic carbocycles. The summed E-state index contributed by atoms with van der Waals surface area (Å²) in [6, 6.07) is 15.5. The predicted molar refractivity (Wildman–Crippen MR) is 124 cm³/mol. The van der Waals surface area contributed by atoms with Crippen LogP contribution in [0.25, 0.3) is 11.0 Å². The number of H-pyrrole nitrogens is 1. The molecule has 31 heavy (non-hydrogen) atoms. The van der Waals surface area contributed by atoms with E-state index in [9.17, 15) is 4.79 Å². The van der Waals surface area contributed by atoms with Crippen LogP contribution in [0, 0.1) is 0 Å². The molecule has 0 saturated heterocycles. The molecule has 0 aliphatic carbocycles. The molecule has 0 fully saturated rings. The second-order valence-corrected chi connectivity index (χ2v) is 7.85. The number of hydrogen-bond acceptors (Lipinski definition) is 7. The van der Waals surface area contributed by atoms with E-state index >= 15 is 0 Å². The molecule has 4 aromatic rings. The molecule has 9 heteroatoms. The molecule has 0 bridgehead atoms. The summed E-state index contributed by atoms with van der Waals surface area (Å²) in [7, 11) is 0. The highest BCUT2D eigenvalue weighted by Gasteiger charge is 2.14. The Bertz CT molecular complexity index is 1200. The van der Waals surface area contributed by atoms with E-state index in [2.05, 4.69) is 20.6 Å². The number of nitrogens with one attached hydrogen (secondary N) is 3. The summed E-state index contributed by atoms with van der Waals surface area (Å²) in [5, 5.41) is 10.5. The smallest absolute Gasteiger partial charge is 0.263 e. The fraction of sp³-hybridized carbons (Fsp3) is 0.0909. The van der Waals surface area contributed by atoms with Gasteiger partial charge in [0.25, 0.3) is 5.91 Å². The van der Waals surface area contributed by atoms with Crippen molar-refractivity contribution >= 4 is 39.7 Å². The fourth-order valence-electron chi connectivity index (χ4n) is 3.16. The summed E-state index contributed by atoms with van der Waals surface area (Å²) in [5.41, 5.74) is 9.95. The van der Waals surface area contributed by atoms with Crippen molar-refractivity contribution in [2.24, 2.45) is 11.6 Å². The number of carbonyl (C=O) groups excluding carboxylic acids is 1. The van der Waals surface area contributed by atoms with E-state index in [-0.39, 0.29) is 12.5 Å². The van der Waals surface area contributed by atoms with Crippen molar-refractivity contribution in [1.82, 2.24) is 20.3 Å². The summed E-state index contributed by atoms with van der Waals surface area (Å²) in [4.78, 5) is 20.7. The number of pyridine rings is 1. The molecule has 4 rings (SSSR count). The number of fused-ring (bicyclic) bond motifs is 1. The van der Waals surface area contributed by atoms with Gasteiger partial charge in [-0.05, 0) is 29.1 Å². The van der Waals surface area contributed by atoms with E-state index in [0.29, 0.717) is 17.1 Å².